The highest BCUT2D eigenvalue weighted by Crippen LogP contribution is 2.28. The van der Waals surface area contributed by atoms with Crippen LogP contribution in [-0.2, 0) is 6.54 Å². The number of nitrogens with one attached hydrogen (secondary N) is 1. The van der Waals surface area contributed by atoms with Crippen molar-refractivity contribution in [2.75, 3.05) is 5.32 Å². The van der Waals surface area contributed by atoms with Crippen molar-refractivity contribution in [2.45, 2.75) is 6.54 Å². The number of nitrogens with zero attached hydrogens (tertiary/aromatic N) is 1. The van der Waals surface area contributed by atoms with Crippen molar-refractivity contribution in [3.8, 4) is 0 Å². The van der Waals surface area contributed by atoms with Gasteiger partial charge in [0.1, 0.15) is 17.1 Å². The van der Waals surface area contributed by atoms with Crippen molar-refractivity contribution in [3.05, 3.63) is 56.0 Å². The van der Waals surface area contributed by atoms with Gasteiger partial charge in [-0.1, -0.05) is 0 Å². The van der Waals surface area contributed by atoms with Gasteiger partial charge in [-0.3, -0.25) is 10.1 Å². The molecule has 0 aliphatic carbocycles. The molecule has 0 unspecified atom stereocenters. The zero-order valence-corrected chi connectivity index (χ0v) is 10.8. The van der Waals surface area contributed by atoms with Crippen molar-refractivity contribution in [2.24, 2.45) is 0 Å². The van der Waals surface area contributed by atoms with Crippen LogP contribution in [0.25, 0.3) is 0 Å². The quantitative estimate of drug-likeness (QED) is 0.653. The minimum absolute atomic E-state index is 0.0521. The van der Waals surface area contributed by atoms with E-state index >= 15 is 0 Å². The molecule has 0 aliphatic rings. The van der Waals surface area contributed by atoms with Crippen LogP contribution in [0, 0.1) is 15.9 Å². The average molecular weight is 296 g/mol. The second-order valence-electron chi connectivity index (χ2n) is 3.90. The number of anilines is 1. The molecule has 1 aromatic carbocycles. The molecule has 0 atom stereocenters. The van der Waals surface area contributed by atoms with E-state index in [0.717, 1.165) is 11.6 Å². The van der Waals surface area contributed by atoms with Gasteiger partial charge >= 0.3 is 5.97 Å². The molecule has 2 N–H and O–H groups in total. The molecule has 0 bridgehead atoms. The van der Waals surface area contributed by atoms with E-state index in [1.807, 2.05) is 16.8 Å². The van der Waals surface area contributed by atoms with E-state index in [4.69, 9.17) is 5.11 Å². The standard InChI is InChI=1S/C12H9FN2O4S/c13-9-4-10(14-5-7-1-2-20-6-7)11(15(18)19)3-8(9)12(16)17/h1-4,6,14H,5H2,(H,16,17). The van der Waals surface area contributed by atoms with Gasteiger partial charge < -0.3 is 10.4 Å². The van der Waals surface area contributed by atoms with Gasteiger partial charge in [-0.05, 0) is 22.4 Å². The number of benzene rings is 1. The van der Waals surface area contributed by atoms with Gasteiger partial charge in [0, 0.05) is 18.7 Å². The number of hydrogen-bond donors (Lipinski definition) is 2. The summed E-state index contributed by atoms with van der Waals surface area (Å²) in [5.41, 5.74) is -0.354. The second-order valence-corrected chi connectivity index (χ2v) is 4.68. The molecule has 1 heterocycles. The maximum atomic E-state index is 13.6. The van der Waals surface area contributed by atoms with E-state index in [1.165, 1.54) is 11.3 Å². The zero-order chi connectivity index (χ0) is 14.7. The van der Waals surface area contributed by atoms with E-state index < -0.39 is 28.0 Å². The summed E-state index contributed by atoms with van der Waals surface area (Å²) >= 11 is 1.47. The lowest BCUT2D eigenvalue weighted by Crippen LogP contribution is -2.07. The van der Waals surface area contributed by atoms with Crippen LogP contribution in [0.1, 0.15) is 15.9 Å². The summed E-state index contributed by atoms with van der Waals surface area (Å²) in [7, 11) is 0. The normalized spacial score (nSPS) is 10.2. The molecular weight excluding hydrogens is 287 g/mol. The van der Waals surface area contributed by atoms with Gasteiger partial charge in [-0.15, -0.1) is 0 Å². The first-order chi connectivity index (χ1) is 9.49. The molecule has 0 saturated heterocycles. The summed E-state index contributed by atoms with van der Waals surface area (Å²) in [6.45, 7) is 0.288. The Bertz CT molecular complexity index is 658. The Hall–Kier alpha value is -2.48. The Morgan fingerprint density at radius 2 is 2.25 bits per heavy atom. The minimum atomic E-state index is -1.55. The zero-order valence-electron chi connectivity index (χ0n) is 10.00. The maximum Gasteiger partial charge on any atom is 0.338 e. The van der Waals surface area contributed by atoms with Crippen molar-refractivity contribution in [1.82, 2.24) is 0 Å². The summed E-state index contributed by atoms with van der Waals surface area (Å²) < 4.78 is 13.6. The van der Waals surface area contributed by atoms with Gasteiger partial charge in [0.15, 0.2) is 0 Å². The first-order valence-corrected chi connectivity index (χ1v) is 6.39. The Labute approximate surface area is 116 Å². The monoisotopic (exact) mass is 296 g/mol. The Morgan fingerprint density at radius 3 is 2.80 bits per heavy atom. The fourth-order valence-electron chi connectivity index (χ4n) is 1.61. The van der Waals surface area contributed by atoms with Crippen molar-refractivity contribution in [1.29, 1.82) is 0 Å². The predicted octanol–water partition coefficient (Wildman–Crippen LogP) is 3.11. The van der Waals surface area contributed by atoms with Gasteiger partial charge in [0.25, 0.3) is 5.69 Å². The van der Waals surface area contributed by atoms with Crippen LogP contribution in [0.5, 0.6) is 0 Å². The fourth-order valence-corrected chi connectivity index (χ4v) is 2.28. The molecule has 104 valence electrons. The first kappa shape index (κ1) is 13.9. The molecule has 0 aliphatic heterocycles. The molecule has 0 fully saturated rings. The number of halogens is 1. The van der Waals surface area contributed by atoms with E-state index in [1.54, 1.807) is 0 Å². The molecule has 8 heteroatoms. The lowest BCUT2D eigenvalue weighted by Gasteiger charge is -2.07. The summed E-state index contributed by atoms with van der Waals surface area (Å²) in [5, 5.41) is 26.1. The lowest BCUT2D eigenvalue weighted by molar-refractivity contribution is -0.384. The predicted molar refractivity (Wildman–Crippen MR) is 71.7 cm³/mol. The molecule has 2 rings (SSSR count). The lowest BCUT2D eigenvalue weighted by atomic mass is 10.1. The van der Waals surface area contributed by atoms with Crippen LogP contribution < -0.4 is 5.32 Å². The van der Waals surface area contributed by atoms with E-state index in [2.05, 4.69) is 5.32 Å². The highest BCUT2D eigenvalue weighted by molar-refractivity contribution is 7.07. The number of aromatic carboxylic acids is 1. The van der Waals surface area contributed by atoms with Crippen LogP contribution >= 0.6 is 11.3 Å². The van der Waals surface area contributed by atoms with Crippen LogP contribution in [-0.4, -0.2) is 16.0 Å². The average Bonchev–Trinajstić information content (AvgIpc) is 2.88. The van der Waals surface area contributed by atoms with Crippen LogP contribution in [0.15, 0.2) is 29.0 Å². The summed E-state index contributed by atoms with van der Waals surface area (Å²) in [5.74, 6) is -2.56. The van der Waals surface area contributed by atoms with E-state index in [9.17, 15) is 19.3 Å². The SMILES string of the molecule is O=C(O)c1cc([N+](=O)[O-])c(NCc2ccsc2)cc1F. The molecule has 2 aromatic rings. The molecule has 0 amide bonds. The number of rotatable bonds is 5. The number of thiophene rings is 1. The minimum Gasteiger partial charge on any atom is -0.478 e. The summed E-state index contributed by atoms with van der Waals surface area (Å²) in [6, 6.07) is 3.37. The molecule has 20 heavy (non-hydrogen) atoms. The maximum absolute atomic E-state index is 13.6. The molecule has 0 radical (unpaired) electrons. The van der Waals surface area contributed by atoms with Crippen molar-refractivity contribution in [3.63, 3.8) is 0 Å². The Kier molecular flexibility index (Phi) is 3.94. The first-order valence-electron chi connectivity index (χ1n) is 5.45. The number of carbonyl (C=O) groups is 1. The van der Waals surface area contributed by atoms with Crippen LogP contribution in [0.3, 0.4) is 0 Å². The van der Waals surface area contributed by atoms with E-state index in [0.29, 0.717) is 6.07 Å². The van der Waals surface area contributed by atoms with Crippen molar-refractivity contribution >= 4 is 28.7 Å². The van der Waals surface area contributed by atoms with Gasteiger partial charge in [-0.2, -0.15) is 11.3 Å². The van der Waals surface area contributed by atoms with E-state index in [-0.39, 0.29) is 12.2 Å². The topological polar surface area (TPSA) is 92.5 Å². The molecule has 0 spiro atoms. The molecule has 6 nitrogen and oxygen atoms in total. The summed E-state index contributed by atoms with van der Waals surface area (Å²) in [6.07, 6.45) is 0. The third kappa shape index (κ3) is 2.91. The Balaban J connectivity index is 2.33. The number of hydrogen-bond acceptors (Lipinski definition) is 5. The number of carboxylic acid groups (broad SMARTS) is 1. The Morgan fingerprint density at radius 1 is 1.50 bits per heavy atom. The number of nitro groups is 1. The largest absolute Gasteiger partial charge is 0.478 e. The van der Waals surface area contributed by atoms with Gasteiger partial charge in [0.05, 0.1) is 4.92 Å². The highest BCUT2D eigenvalue weighted by atomic mass is 32.1. The highest BCUT2D eigenvalue weighted by Gasteiger charge is 2.21. The molecule has 0 saturated carbocycles. The van der Waals surface area contributed by atoms with Gasteiger partial charge in [-0.25, -0.2) is 9.18 Å². The smallest absolute Gasteiger partial charge is 0.338 e. The molecular formula is C12H9FN2O4S. The fraction of sp³-hybridized carbons (Fsp3) is 0.0833. The number of carboxylic acids is 1. The van der Waals surface area contributed by atoms with Gasteiger partial charge in [0.2, 0.25) is 0 Å². The van der Waals surface area contributed by atoms with Crippen LogP contribution in [0.2, 0.25) is 0 Å². The molecule has 1 aromatic heterocycles. The third-order valence-corrected chi connectivity index (χ3v) is 3.31. The number of nitro benzene ring substituents is 1. The summed E-state index contributed by atoms with van der Waals surface area (Å²) in [4.78, 5) is 20.9. The van der Waals surface area contributed by atoms with Crippen LogP contribution in [0.4, 0.5) is 15.8 Å². The van der Waals surface area contributed by atoms with Crippen molar-refractivity contribution < 1.29 is 19.2 Å². The second kappa shape index (κ2) is 5.66. The third-order valence-electron chi connectivity index (χ3n) is 2.58.